The zero-order valence-corrected chi connectivity index (χ0v) is 18.1. The molecule has 2 atom stereocenters. The highest BCUT2D eigenvalue weighted by Gasteiger charge is 2.37. The molecule has 1 fully saturated rings. The summed E-state index contributed by atoms with van der Waals surface area (Å²) >= 11 is 0. The Hall–Kier alpha value is -2.90. The summed E-state index contributed by atoms with van der Waals surface area (Å²) in [6.45, 7) is 8.11. The van der Waals surface area contributed by atoms with Gasteiger partial charge in [0, 0.05) is 25.2 Å². The van der Waals surface area contributed by atoms with Crippen LogP contribution in [0.2, 0.25) is 0 Å². The molecule has 8 nitrogen and oxygen atoms in total. The Morgan fingerprint density at radius 3 is 2.57 bits per heavy atom. The van der Waals surface area contributed by atoms with Crippen LogP contribution in [-0.4, -0.2) is 43.5 Å². The summed E-state index contributed by atoms with van der Waals surface area (Å²) in [5, 5.41) is 4.65. The Morgan fingerprint density at radius 1 is 1.20 bits per heavy atom. The van der Waals surface area contributed by atoms with Crippen LogP contribution < -0.4 is 15.5 Å². The van der Waals surface area contributed by atoms with Gasteiger partial charge in [-0.1, -0.05) is 45.9 Å². The van der Waals surface area contributed by atoms with Crippen molar-refractivity contribution in [1.29, 1.82) is 0 Å². The number of ether oxygens (including phenoxy) is 1. The van der Waals surface area contributed by atoms with Crippen LogP contribution in [0.15, 0.2) is 24.3 Å². The average Bonchev–Trinajstić information content (AvgIpc) is 3.11. The third kappa shape index (κ3) is 6.30. The average molecular weight is 418 g/mol. The van der Waals surface area contributed by atoms with Crippen molar-refractivity contribution < 1.29 is 23.9 Å². The predicted octanol–water partition coefficient (Wildman–Crippen LogP) is 2.58. The van der Waals surface area contributed by atoms with Gasteiger partial charge in [0.15, 0.2) is 6.61 Å². The molecule has 2 rings (SSSR count). The molecule has 1 aliphatic rings. The molecule has 0 unspecified atom stereocenters. The zero-order valence-electron chi connectivity index (χ0n) is 18.1. The van der Waals surface area contributed by atoms with E-state index in [9.17, 15) is 19.2 Å². The lowest BCUT2D eigenvalue weighted by molar-refractivity contribution is -0.152. The third-order valence-electron chi connectivity index (χ3n) is 5.10. The van der Waals surface area contributed by atoms with Gasteiger partial charge >= 0.3 is 12.0 Å². The van der Waals surface area contributed by atoms with E-state index >= 15 is 0 Å². The summed E-state index contributed by atoms with van der Waals surface area (Å²) in [7, 11) is 0. The molecule has 2 N–H and O–H groups in total. The summed E-state index contributed by atoms with van der Waals surface area (Å²) in [5.74, 6) is -1.60. The number of esters is 1. The van der Waals surface area contributed by atoms with E-state index < -0.39 is 30.4 Å². The molecule has 1 heterocycles. The van der Waals surface area contributed by atoms with E-state index in [0.717, 1.165) is 17.7 Å². The van der Waals surface area contributed by atoms with Gasteiger partial charge in [-0.05, 0) is 29.9 Å². The van der Waals surface area contributed by atoms with Crippen LogP contribution in [0.3, 0.4) is 0 Å². The van der Waals surface area contributed by atoms with Crippen molar-refractivity contribution in [2.45, 2.75) is 46.5 Å². The number of imide groups is 1. The molecule has 0 spiro atoms. The van der Waals surface area contributed by atoms with Gasteiger partial charge in [0.25, 0.3) is 5.91 Å². The Labute approximate surface area is 177 Å². The van der Waals surface area contributed by atoms with Crippen molar-refractivity contribution in [2.24, 2.45) is 11.8 Å². The van der Waals surface area contributed by atoms with Crippen molar-refractivity contribution >= 4 is 29.5 Å². The van der Waals surface area contributed by atoms with E-state index in [1.165, 1.54) is 0 Å². The van der Waals surface area contributed by atoms with Gasteiger partial charge in [-0.3, -0.25) is 19.7 Å². The first-order valence-electron chi connectivity index (χ1n) is 10.4. The maximum atomic E-state index is 12.5. The molecule has 0 saturated carbocycles. The number of carbonyl (C=O) groups is 4. The first-order valence-corrected chi connectivity index (χ1v) is 10.4. The third-order valence-corrected chi connectivity index (χ3v) is 5.10. The van der Waals surface area contributed by atoms with Gasteiger partial charge in [-0.15, -0.1) is 0 Å². The number of hydrogen-bond donors (Lipinski definition) is 2. The quantitative estimate of drug-likeness (QED) is 0.633. The second-order valence-corrected chi connectivity index (χ2v) is 8.03. The molecule has 0 aromatic heterocycles. The minimum Gasteiger partial charge on any atom is -0.455 e. The van der Waals surface area contributed by atoms with Gasteiger partial charge in [0.05, 0.1) is 5.92 Å². The molecule has 1 saturated heterocycles. The van der Waals surface area contributed by atoms with Gasteiger partial charge in [-0.25, -0.2) is 4.79 Å². The van der Waals surface area contributed by atoms with Crippen LogP contribution in [-0.2, 0) is 19.1 Å². The number of nitrogens with one attached hydrogen (secondary N) is 2. The molecule has 164 valence electrons. The van der Waals surface area contributed by atoms with E-state index in [2.05, 4.69) is 24.5 Å². The highest BCUT2D eigenvalue weighted by molar-refractivity contribution is 6.00. The number of nitrogens with zero attached hydrogens (tertiary/aromatic N) is 1. The lowest BCUT2D eigenvalue weighted by Gasteiger charge is -2.23. The summed E-state index contributed by atoms with van der Waals surface area (Å²) in [6, 6.07) is 7.06. The Kier molecular flexibility index (Phi) is 8.38. The Balaban J connectivity index is 1.90. The number of anilines is 1. The normalized spacial score (nSPS) is 17.0. The number of amides is 4. The molecule has 4 amide bonds. The SMILES string of the molecule is CC[C@@H](C)c1ccccc1N1C[C@@H](C(=O)OCC(=O)NC(=O)NCC(C)C)CC1=O. The van der Waals surface area contributed by atoms with E-state index in [1.807, 2.05) is 38.1 Å². The number of rotatable bonds is 8. The Morgan fingerprint density at radius 2 is 1.90 bits per heavy atom. The van der Waals surface area contributed by atoms with Crippen LogP contribution in [0.5, 0.6) is 0 Å². The van der Waals surface area contributed by atoms with Crippen LogP contribution in [0, 0.1) is 11.8 Å². The van der Waals surface area contributed by atoms with Crippen molar-refractivity contribution in [2.75, 3.05) is 24.6 Å². The van der Waals surface area contributed by atoms with Gasteiger partial charge in [0.1, 0.15) is 0 Å². The Bertz CT molecular complexity index is 793. The molecule has 0 aliphatic carbocycles. The van der Waals surface area contributed by atoms with Gasteiger partial charge in [-0.2, -0.15) is 0 Å². The smallest absolute Gasteiger partial charge is 0.321 e. The van der Waals surface area contributed by atoms with Crippen LogP contribution in [0.1, 0.15) is 52.0 Å². The highest BCUT2D eigenvalue weighted by atomic mass is 16.5. The molecule has 1 aromatic rings. The zero-order chi connectivity index (χ0) is 22.3. The molecular formula is C22H31N3O5. The summed E-state index contributed by atoms with van der Waals surface area (Å²) in [6.07, 6.45) is 0.967. The molecule has 30 heavy (non-hydrogen) atoms. The number of benzene rings is 1. The summed E-state index contributed by atoms with van der Waals surface area (Å²) in [5.41, 5.74) is 1.88. The van der Waals surface area contributed by atoms with E-state index in [4.69, 9.17) is 4.74 Å². The maximum Gasteiger partial charge on any atom is 0.321 e. The van der Waals surface area contributed by atoms with Crippen molar-refractivity contribution in [3.8, 4) is 0 Å². The molecule has 8 heteroatoms. The first-order chi connectivity index (χ1) is 14.2. The van der Waals surface area contributed by atoms with Gasteiger partial charge < -0.3 is 15.0 Å². The minimum absolute atomic E-state index is 0.0319. The fourth-order valence-corrected chi connectivity index (χ4v) is 3.23. The van der Waals surface area contributed by atoms with Crippen molar-refractivity contribution in [3.63, 3.8) is 0 Å². The number of para-hydroxylation sites is 1. The number of hydrogen-bond acceptors (Lipinski definition) is 5. The largest absolute Gasteiger partial charge is 0.455 e. The van der Waals surface area contributed by atoms with Gasteiger partial charge in [0.2, 0.25) is 5.91 Å². The lowest BCUT2D eigenvalue weighted by Crippen LogP contribution is -2.42. The predicted molar refractivity (Wildman–Crippen MR) is 113 cm³/mol. The number of urea groups is 1. The molecular weight excluding hydrogens is 386 g/mol. The minimum atomic E-state index is -0.715. The molecule has 1 aliphatic heterocycles. The molecule has 0 radical (unpaired) electrons. The maximum absolute atomic E-state index is 12.5. The van der Waals surface area contributed by atoms with E-state index in [1.54, 1.807) is 4.90 Å². The molecule has 1 aromatic carbocycles. The van der Waals surface area contributed by atoms with E-state index in [0.29, 0.717) is 6.54 Å². The second kappa shape index (κ2) is 10.8. The topological polar surface area (TPSA) is 105 Å². The molecule has 0 bridgehead atoms. The summed E-state index contributed by atoms with van der Waals surface area (Å²) < 4.78 is 5.04. The lowest BCUT2D eigenvalue weighted by atomic mass is 9.96. The van der Waals surface area contributed by atoms with Crippen molar-refractivity contribution in [1.82, 2.24) is 10.6 Å². The fourth-order valence-electron chi connectivity index (χ4n) is 3.23. The van der Waals surface area contributed by atoms with Crippen LogP contribution in [0.4, 0.5) is 10.5 Å². The van der Waals surface area contributed by atoms with Crippen molar-refractivity contribution in [3.05, 3.63) is 29.8 Å². The van der Waals surface area contributed by atoms with Crippen LogP contribution in [0.25, 0.3) is 0 Å². The van der Waals surface area contributed by atoms with E-state index in [-0.39, 0.29) is 30.7 Å². The number of carbonyl (C=O) groups excluding carboxylic acids is 4. The fraction of sp³-hybridized carbons (Fsp3) is 0.545. The summed E-state index contributed by atoms with van der Waals surface area (Å²) in [4.78, 5) is 49.9. The monoisotopic (exact) mass is 417 g/mol. The second-order valence-electron chi connectivity index (χ2n) is 8.03. The van der Waals surface area contributed by atoms with Crippen LogP contribution >= 0.6 is 0 Å². The first kappa shape index (κ1) is 23.4. The standard InChI is InChI=1S/C22H31N3O5/c1-5-15(4)17-8-6-7-9-18(17)25-12-16(10-20(25)27)21(28)30-13-19(26)24-22(29)23-11-14(2)3/h6-9,14-16H,5,10-13H2,1-4H3,(H2,23,24,26,29)/t15-,16+/m1/s1. The highest BCUT2D eigenvalue weighted by Crippen LogP contribution is 2.33.